The molecule has 0 atom stereocenters. The third-order valence-electron chi connectivity index (χ3n) is 5.36. The number of carbonyl (C=O) groups excluding carboxylic acids is 1. The van der Waals surface area contributed by atoms with Gasteiger partial charge in [0.25, 0.3) is 5.91 Å². The number of nitrogens with zero attached hydrogens (tertiary/aromatic N) is 3. The second-order valence-electron chi connectivity index (χ2n) is 8.26. The molecule has 4 rings (SSSR count). The smallest absolute Gasteiger partial charge is 0.260 e. The summed E-state index contributed by atoms with van der Waals surface area (Å²) < 4.78 is 26.4. The summed E-state index contributed by atoms with van der Waals surface area (Å²) in [6, 6.07) is 15.8. The molecule has 1 amide bonds. The van der Waals surface area contributed by atoms with E-state index in [9.17, 15) is 13.2 Å². The molecule has 2 aromatic carbocycles. The molecule has 2 aromatic heterocycles. The van der Waals surface area contributed by atoms with Gasteiger partial charge >= 0.3 is 0 Å². The first kappa shape index (κ1) is 23.1. The summed E-state index contributed by atoms with van der Waals surface area (Å²) in [5.74, 6) is -0.324. The Morgan fingerprint density at radius 3 is 2.55 bits per heavy atom. The van der Waals surface area contributed by atoms with Gasteiger partial charge in [0.05, 0.1) is 32.6 Å². The Labute approximate surface area is 197 Å². The molecule has 0 aliphatic heterocycles. The van der Waals surface area contributed by atoms with Gasteiger partial charge < -0.3 is 0 Å². The number of aromatic nitrogens is 2. The van der Waals surface area contributed by atoms with Crippen LogP contribution in [0.2, 0.25) is 0 Å². The van der Waals surface area contributed by atoms with Gasteiger partial charge in [-0.25, -0.2) is 13.4 Å². The van der Waals surface area contributed by atoms with Crippen LogP contribution >= 0.6 is 11.3 Å². The SMILES string of the molecule is Cc1cc(C)c2sc(N(Cc3ccccn3)C(=O)c3cccc(S(=O)(=O)C(C)C)c3)nc2c1. The number of thiazole rings is 1. The lowest BCUT2D eigenvalue weighted by molar-refractivity contribution is 0.0984. The Morgan fingerprint density at radius 2 is 1.85 bits per heavy atom. The molecule has 0 fully saturated rings. The molecule has 170 valence electrons. The molecule has 4 aromatic rings. The Morgan fingerprint density at radius 1 is 1.06 bits per heavy atom. The molecular weight excluding hydrogens is 454 g/mol. The highest BCUT2D eigenvalue weighted by atomic mass is 32.2. The van der Waals surface area contributed by atoms with E-state index in [0.29, 0.717) is 16.4 Å². The van der Waals surface area contributed by atoms with Crippen molar-refractivity contribution in [3.63, 3.8) is 0 Å². The van der Waals surface area contributed by atoms with Crippen LogP contribution in [0.5, 0.6) is 0 Å². The van der Waals surface area contributed by atoms with Crippen molar-refractivity contribution in [1.29, 1.82) is 0 Å². The van der Waals surface area contributed by atoms with E-state index >= 15 is 0 Å². The second kappa shape index (κ2) is 9.03. The number of anilines is 1. The van der Waals surface area contributed by atoms with E-state index in [4.69, 9.17) is 4.98 Å². The number of hydrogen-bond acceptors (Lipinski definition) is 6. The average molecular weight is 480 g/mol. The molecule has 8 heteroatoms. The third kappa shape index (κ3) is 4.67. The lowest BCUT2D eigenvalue weighted by atomic mass is 10.1. The zero-order chi connectivity index (χ0) is 23.8. The topological polar surface area (TPSA) is 80.2 Å². The van der Waals surface area contributed by atoms with Crippen LogP contribution in [-0.4, -0.2) is 29.5 Å². The summed E-state index contributed by atoms with van der Waals surface area (Å²) in [6.07, 6.45) is 1.68. The zero-order valence-electron chi connectivity index (χ0n) is 18.9. The number of hydrogen-bond donors (Lipinski definition) is 0. The standard InChI is InChI=1S/C25H25N3O3S2/c1-16(2)33(30,31)21-10-7-8-19(14-21)24(29)28(15-20-9-5-6-11-26-20)25-27-22-13-17(3)12-18(4)23(22)32-25/h5-14,16H,15H2,1-4H3. The fraction of sp³-hybridized carbons (Fsp3) is 0.240. The maximum absolute atomic E-state index is 13.7. The minimum absolute atomic E-state index is 0.136. The number of rotatable bonds is 6. The Kier molecular flexibility index (Phi) is 6.32. The lowest BCUT2D eigenvalue weighted by Crippen LogP contribution is -2.31. The summed E-state index contributed by atoms with van der Waals surface area (Å²) in [4.78, 5) is 24.5. The van der Waals surface area contributed by atoms with Gasteiger partial charge in [-0.1, -0.05) is 29.5 Å². The summed E-state index contributed by atoms with van der Waals surface area (Å²) in [5, 5.41) is -0.0329. The first-order chi connectivity index (χ1) is 15.7. The van der Waals surface area contributed by atoms with Gasteiger partial charge in [-0.05, 0) is 75.2 Å². The van der Waals surface area contributed by atoms with Crippen molar-refractivity contribution in [2.45, 2.75) is 44.4 Å². The van der Waals surface area contributed by atoms with E-state index in [-0.39, 0.29) is 17.3 Å². The Balaban J connectivity index is 1.81. The lowest BCUT2D eigenvalue weighted by Gasteiger charge is -2.20. The van der Waals surface area contributed by atoms with Gasteiger partial charge in [0, 0.05) is 11.8 Å². The molecule has 6 nitrogen and oxygen atoms in total. The van der Waals surface area contributed by atoms with Crippen LogP contribution in [0, 0.1) is 13.8 Å². The number of benzene rings is 2. The van der Waals surface area contributed by atoms with Gasteiger partial charge in [-0.3, -0.25) is 14.7 Å². The van der Waals surface area contributed by atoms with E-state index in [0.717, 1.165) is 21.3 Å². The van der Waals surface area contributed by atoms with Crippen LogP contribution < -0.4 is 4.90 Å². The van der Waals surface area contributed by atoms with Gasteiger partial charge in [-0.15, -0.1) is 0 Å². The van der Waals surface area contributed by atoms with Gasteiger partial charge in [0.1, 0.15) is 0 Å². The summed E-state index contributed by atoms with van der Waals surface area (Å²) in [7, 11) is -3.51. The number of fused-ring (bicyclic) bond motifs is 1. The quantitative estimate of drug-likeness (QED) is 0.373. The molecule has 33 heavy (non-hydrogen) atoms. The van der Waals surface area contributed by atoms with E-state index in [1.165, 1.54) is 23.5 Å². The van der Waals surface area contributed by atoms with Crippen molar-refractivity contribution in [2.24, 2.45) is 0 Å². The molecule has 0 N–H and O–H groups in total. The highest BCUT2D eigenvalue weighted by Crippen LogP contribution is 2.33. The Bertz CT molecular complexity index is 1430. The van der Waals surface area contributed by atoms with Gasteiger partial charge in [0.15, 0.2) is 15.0 Å². The van der Waals surface area contributed by atoms with E-state index in [2.05, 4.69) is 11.1 Å². The van der Waals surface area contributed by atoms with Gasteiger partial charge in [-0.2, -0.15) is 0 Å². The van der Waals surface area contributed by atoms with Crippen molar-refractivity contribution in [3.8, 4) is 0 Å². The molecule has 0 bridgehead atoms. The molecule has 0 saturated carbocycles. The van der Waals surface area contributed by atoms with Gasteiger partial charge in [0.2, 0.25) is 0 Å². The van der Waals surface area contributed by atoms with E-state index < -0.39 is 15.1 Å². The zero-order valence-corrected chi connectivity index (χ0v) is 20.6. The summed E-state index contributed by atoms with van der Waals surface area (Å²) in [6.45, 7) is 7.52. The summed E-state index contributed by atoms with van der Waals surface area (Å²) >= 11 is 1.45. The number of amides is 1. The van der Waals surface area contributed by atoms with Crippen molar-refractivity contribution in [2.75, 3.05) is 4.90 Å². The monoisotopic (exact) mass is 479 g/mol. The largest absolute Gasteiger partial charge is 0.278 e. The number of pyridine rings is 1. The van der Waals surface area contributed by atoms with Crippen molar-refractivity contribution < 1.29 is 13.2 Å². The molecular formula is C25H25N3O3S2. The minimum Gasteiger partial charge on any atom is -0.278 e. The predicted molar refractivity (Wildman–Crippen MR) is 133 cm³/mol. The molecule has 0 unspecified atom stereocenters. The van der Waals surface area contributed by atoms with E-state index in [1.54, 1.807) is 37.1 Å². The fourth-order valence-electron chi connectivity index (χ4n) is 3.59. The number of carbonyl (C=O) groups is 1. The third-order valence-corrected chi connectivity index (χ3v) is 8.74. The molecule has 0 aliphatic carbocycles. The average Bonchev–Trinajstić information content (AvgIpc) is 3.22. The maximum Gasteiger partial charge on any atom is 0.260 e. The van der Waals surface area contributed by atoms with Crippen LogP contribution in [0.25, 0.3) is 10.2 Å². The van der Waals surface area contributed by atoms with E-state index in [1.807, 2.05) is 38.1 Å². The van der Waals surface area contributed by atoms with Crippen molar-refractivity contribution >= 4 is 42.4 Å². The van der Waals surface area contributed by atoms with Crippen LogP contribution in [0.15, 0.2) is 65.7 Å². The molecule has 2 heterocycles. The predicted octanol–water partition coefficient (Wildman–Crippen LogP) is 5.34. The molecule has 0 saturated heterocycles. The number of sulfone groups is 1. The van der Waals surface area contributed by atoms with Crippen LogP contribution in [0.4, 0.5) is 5.13 Å². The second-order valence-corrected chi connectivity index (χ2v) is 11.7. The first-order valence-electron chi connectivity index (χ1n) is 10.6. The maximum atomic E-state index is 13.7. The molecule has 0 radical (unpaired) electrons. The summed E-state index contributed by atoms with van der Waals surface area (Å²) in [5.41, 5.74) is 4.04. The first-order valence-corrected chi connectivity index (χ1v) is 13.0. The van der Waals surface area contributed by atoms with Crippen LogP contribution in [0.1, 0.15) is 41.0 Å². The minimum atomic E-state index is -3.51. The fourth-order valence-corrected chi connectivity index (χ4v) is 5.71. The molecule has 0 aliphatic rings. The van der Waals surface area contributed by atoms with Crippen LogP contribution in [-0.2, 0) is 16.4 Å². The van der Waals surface area contributed by atoms with Crippen LogP contribution in [0.3, 0.4) is 0 Å². The van der Waals surface area contributed by atoms with Crippen molar-refractivity contribution in [3.05, 3.63) is 83.2 Å². The van der Waals surface area contributed by atoms with Crippen molar-refractivity contribution in [1.82, 2.24) is 9.97 Å². The highest BCUT2D eigenvalue weighted by Gasteiger charge is 2.25. The number of aryl methyl sites for hydroxylation is 2. The normalized spacial score (nSPS) is 11.8. The Hall–Kier alpha value is -3.10. The molecule has 0 spiro atoms. The highest BCUT2D eigenvalue weighted by molar-refractivity contribution is 7.92.